The number of carbonyl (C=O) groups excluding carboxylic acids is 1. The lowest BCUT2D eigenvalue weighted by atomic mass is 9.89. The second-order valence-corrected chi connectivity index (χ2v) is 6.04. The molecule has 106 valence electrons. The van der Waals surface area contributed by atoms with E-state index < -0.39 is 0 Å². The first-order valence-corrected chi connectivity index (χ1v) is 7.16. The van der Waals surface area contributed by atoms with E-state index in [2.05, 4.69) is 18.7 Å². The molecule has 2 saturated carbocycles. The fourth-order valence-electron chi connectivity index (χ4n) is 3.23. The van der Waals surface area contributed by atoms with Crippen LogP contribution in [0.5, 0.6) is 0 Å². The molecule has 2 fully saturated rings. The highest BCUT2D eigenvalue weighted by atomic mass is 35.5. The van der Waals surface area contributed by atoms with Gasteiger partial charge < -0.3 is 10.6 Å². The average Bonchev–Trinajstić information content (AvgIpc) is 2.57. The maximum Gasteiger partial charge on any atom is 0.223 e. The Kier molecular flexibility index (Phi) is 5.93. The molecule has 0 spiro atoms. The lowest BCUT2D eigenvalue weighted by Crippen LogP contribution is -2.49. The van der Waals surface area contributed by atoms with Crippen LogP contribution in [0.3, 0.4) is 0 Å². The number of halogens is 1. The standard InChI is InChI=1S/C14H26N2O.ClH/c1-10(2)16(12-6-4-7-12)14(17)9-11-5-3-8-13(11)15;/h10-13H,3-9,15H2,1-2H3;1H/t11-,13+;/m0./s1. The third-order valence-corrected chi connectivity index (χ3v) is 4.47. The lowest BCUT2D eigenvalue weighted by molar-refractivity contribution is -0.138. The van der Waals surface area contributed by atoms with E-state index in [-0.39, 0.29) is 18.4 Å². The molecule has 0 heterocycles. The van der Waals surface area contributed by atoms with Crippen LogP contribution in [0.15, 0.2) is 0 Å². The van der Waals surface area contributed by atoms with Gasteiger partial charge in [-0.3, -0.25) is 4.79 Å². The molecule has 18 heavy (non-hydrogen) atoms. The molecule has 3 nitrogen and oxygen atoms in total. The van der Waals surface area contributed by atoms with Crippen molar-refractivity contribution in [1.82, 2.24) is 4.90 Å². The second-order valence-electron chi connectivity index (χ2n) is 6.04. The van der Waals surface area contributed by atoms with E-state index in [0.29, 0.717) is 30.3 Å². The molecule has 2 N–H and O–H groups in total. The van der Waals surface area contributed by atoms with Crippen LogP contribution < -0.4 is 5.73 Å². The Morgan fingerprint density at radius 3 is 2.22 bits per heavy atom. The summed E-state index contributed by atoms with van der Waals surface area (Å²) in [6.45, 7) is 4.26. The molecule has 2 rings (SSSR count). The van der Waals surface area contributed by atoms with Crippen molar-refractivity contribution in [3.63, 3.8) is 0 Å². The van der Waals surface area contributed by atoms with E-state index in [1.54, 1.807) is 0 Å². The highest BCUT2D eigenvalue weighted by molar-refractivity contribution is 5.85. The maximum absolute atomic E-state index is 12.4. The van der Waals surface area contributed by atoms with E-state index in [0.717, 1.165) is 12.8 Å². The zero-order valence-corrected chi connectivity index (χ0v) is 12.4. The van der Waals surface area contributed by atoms with Gasteiger partial charge in [-0.05, 0) is 51.9 Å². The minimum atomic E-state index is 0. The molecule has 4 heteroatoms. The van der Waals surface area contributed by atoms with Gasteiger partial charge in [-0.25, -0.2) is 0 Å². The number of amides is 1. The Labute approximate surface area is 117 Å². The van der Waals surface area contributed by atoms with Gasteiger partial charge in [0.2, 0.25) is 5.91 Å². The molecule has 0 unspecified atom stereocenters. The van der Waals surface area contributed by atoms with Gasteiger partial charge >= 0.3 is 0 Å². The third kappa shape index (κ3) is 3.39. The van der Waals surface area contributed by atoms with Gasteiger partial charge in [0, 0.05) is 24.5 Å². The normalized spacial score (nSPS) is 27.8. The predicted molar refractivity (Wildman–Crippen MR) is 76.8 cm³/mol. The Bertz CT molecular complexity index is 279. The van der Waals surface area contributed by atoms with Gasteiger partial charge in [-0.15, -0.1) is 12.4 Å². The zero-order valence-electron chi connectivity index (χ0n) is 11.6. The first kappa shape index (κ1) is 15.8. The van der Waals surface area contributed by atoms with Crippen molar-refractivity contribution in [3.8, 4) is 0 Å². The largest absolute Gasteiger partial charge is 0.337 e. The van der Waals surface area contributed by atoms with E-state index in [9.17, 15) is 4.79 Å². The van der Waals surface area contributed by atoms with Gasteiger partial charge in [0.05, 0.1) is 0 Å². The Morgan fingerprint density at radius 2 is 1.83 bits per heavy atom. The number of nitrogens with zero attached hydrogens (tertiary/aromatic N) is 1. The van der Waals surface area contributed by atoms with Gasteiger partial charge in [-0.2, -0.15) is 0 Å². The summed E-state index contributed by atoms with van der Waals surface area (Å²) in [6.07, 6.45) is 7.79. The fraction of sp³-hybridized carbons (Fsp3) is 0.929. The molecule has 0 bridgehead atoms. The minimum absolute atomic E-state index is 0. The summed E-state index contributed by atoms with van der Waals surface area (Å²) < 4.78 is 0. The molecule has 0 radical (unpaired) electrons. The first-order valence-electron chi connectivity index (χ1n) is 7.16. The average molecular weight is 275 g/mol. The van der Waals surface area contributed by atoms with Crippen LogP contribution >= 0.6 is 12.4 Å². The number of hydrogen-bond donors (Lipinski definition) is 1. The molecular weight excluding hydrogens is 248 g/mol. The monoisotopic (exact) mass is 274 g/mol. The van der Waals surface area contributed by atoms with Crippen LogP contribution in [0.25, 0.3) is 0 Å². The second kappa shape index (κ2) is 6.76. The number of hydrogen-bond acceptors (Lipinski definition) is 2. The number of nitrogens with two attached hydrogens (primary N) is 1. The summed E-state index contributed by atoms with van der Waals surface area (Å²) in [6, 6.07) is 1.11. The van der Waals surface area contributed by atoms with E-state index in [1.165, 1.54) is 25.7 Å². The Morgan fingerprint density at radius 1 is 1.22 bits per heavy atom. The summed E-state index contributed by atoms with van der Waals surface area (Å²) in [5.41, 5.74) is 6.06. The van der Waals surface area contributed by atoms with Gasteiger partial charge in [-0.1, -0.05) is 6.42 Å². The summed E-state index contributed by atoms with van der Waals surface area (Å²) in [5, 5.41) is 0. The molecule has 0 saturated heterocycles. The smallest absolute Gasteiger partial charge is 0.223 e. The molecule has 2 aliphatic carbocycles. The summed E-state index contributed by atoms with van der Waals surface area (Å²) in [5.74, 6) is 0.774. The highest BCUT2D eigenvalue weighted by Gasteiger charge is 2.33. The van der Waals surface area contributed by atoms with Crippen molar-refractivity contribution < 1.29 is 4.79 Å². The van der Waals surface area contributed by atoms with Crippen molar-refractivity contribution in [1.29, 1.82) is 0 Å². The summed E-state index contributed by atoms with van der Waals surface area (Å²) in [7, 11) is 0. The summed E-state index contributed by atoms with van der Waals surface area (Å²) in [4.78, 5) is 14.5. The Hall–Kier alpha value is -0.280. The van der Waals surface area contributed by atoms with Crippen molar-refractivity contribution >= 4 is 18.3 Å². The van der Waals surface area contributed by atoms with Crippen LogP contribution in [0.2, 0.25) is 0 Å². The van der Waals surface area contributed by atoms with Crippen molar-refractivity contribution in [2.24, 2.45) is 11.7 Å². The van der Waals surface area contributed by atoms with Crippen molar-refractivity contribution in [2.45, 2.75) is 76.9 Å². The molecule has 0 aromatic heterocycles. The maximum atomic E-state index is 12.4. The van der Waals surface area contributed by atoms with Gasteiger partial charge in [0.25, 0.3) is 0 Å². The fourth-order valence-corrected chi connectivity index (χ4v) is 3.23. The SMILES string of the molecule is CC(C)N(C(=O)C[C@@H]1CCC[C@H]1N)C1CCC1.Cl. The van der Waals surface area contributed by atoms with E-state index in [4.69, 9.17) is 5.73 Å². The molecule has 0 aromatic carbocycles. The quantitative estimate of drug-likeness (QED) is 0.857. The van der Waals surface area contributed by atoms with E-state index >= 15 is 0 Å². The van der Waals surface area contributed by atoms with Crippen LogP contribution in [-0.4, -0.2) is 28.9 Å². The van der Waals surface area contributed by atoms with Crippen LogP contribution in [0, 0.1) is 5.92 Å². The predicted octanol–water partition coefficient (Wildman–Crippen LogP) is 2.72. The minimum Gasteiger partial charge on any atom is -0.337 e. The van der Waals surface area contributed by atoms with Crippen LogP contribution in [-0.2, 0) is 4.79 Å². The first-order chi connectivity index (χ1) is 8.09. The molecule has 2 aliphatic rings. The topological polar surface area (TPSA) is 46.3 Å². The van der Waals surface area contributed by atoms with Crippen molar-refractivity contribution in [3.05, 3.63) is 0 Å². The zero-order chi connectivity index (χ0) is 12.4. The van der Waals surface area contributed by atoms with Gasteiger partial charge in [0.15, 0.2) is 0 Å². The highest BCUT2D eigenvalue weighted by Crippen LogP contribution is 2.31. The summed E-state index contributed by atoms with van der Waals surface area (Å²) >= 11 is 0. The van der Waals surface area contributed by atoms with Crippen LogP contribution in [0.1, 0.15) is 58.8 Å². The molecule has 0 aliphatic heterocycles. The molecule has 1 amide bonds. The number of carbonyl (C=O) groups is 1. The third-order valence-electron chi connectivity index (χ3n) is 4.47. The van der Waals surface area contributed by atoms with Gasteiger partial charge in [0.1, 0.15) is 0 Å². The molecular formula is C14H27ClN2O. The van der Waals surface area contributed by atoms with Crippen molar-refractivity contribution in [2.75, 3.05) is 0 Å². The lowest BCUT2D eigenvalue weighted by Gasteiger charge is -2.41. The molecule has 0 aromatic rings. The molecule has 2 atom stereocenters. The van der Waals surface area contributed by atoms with Crippen LogP contribution in [0.4, 0.5) is 0 Å². The Balaban J connectivity index is 0.00000162. The number of rotatable bonds is 4. The van der Waals surface area contributed by atoms with E-state index in [1.807, 2.05) is 0 Å².